The molecule has 0 aliphatic heterocycles. The zero-order valence-electron chi connectivity index (χ0n) is 12.5. The van der Waals surface area contributed by atoms with Crippen molar-refractivity contribution in [3.8, 4) is 17.6 Å². The molecule has 0 saturated heterocycles. The Morgan fingerprint density at radius 1 is 1.33 bits per heavy atom. The molecule has 0 amide bonds. The lowest BCUT2D eigenvalue weighted by atomic mass is 10.2. The van der Waals surface area contributed by atoms with E-state index in [4.69, 9.17) is 26.3 Å². The van der Waals surface area contributed by atoms with Crippen LogP contribution in [0.1, 0.15) is 22.8 Å². The first-order chi connectivity index (χ1) is 11.5. The molecule has 0 spiro atoms. The number of esters is 1. The molecule has 0 N–H and O–H groups in total. The van der Waals surface area contributed by atoms with Crippen LogP contribution in [0.4, 0.5) is 5.69 Å². The molecule has 0 radical (unpaired) electrons. The summed E-state index contributed by atoms with van der Waals surface area (Å²) in [6.07, 6.45) is 0. The van der Waals surface area contributed by atoms with Gasteiger partial charge in [0, 0.05) is 18.2 Å². The fourth-order valence-electron chi connectivity index (χ4n) is 1.87. The lowest BCUT2D eigenvalue weighted by molar-refractivity contribution is -0.384. The molecule has 122 valence electrons. The number of nitro benzene ring substituents is 1. The lowest BCUT2D eigenvalue weighted by Gasteiger charge is -2.12. The van der Waals surface area contributed by atoms with Crippen LogP contribution >= 0.6 is 11.6 Å². The lowest BCUT2D eigenvalue weighted by Crippen LogP contribution is -2.10. The smallest absolute Gasteiger partial charge is 0.343 e. The van der Waals surface area contributed by atoms with Crippen LogP contribution < -0.4 is 9.47 Å². The number of hydrogen-bond acceptors (Lipinski definition) is 6. The molecule has 0 aliphatic rings. The molecule has 24 heavy (non-hydrogen) atoms. The van der Waals surface area contributed by atoms with Crippen LogP contribution in [0.2, 0.25) is 5.02 Å². The molecule has 0 atom stereocenters. The summed E-state index contributed by atoms with van der Waals surface area (Å²) in [5, 5.41) is 19.6. The van der Waals surface area contributed by atoms with Crippen molar-refractivity contribution >= 4 is 23.3 Å². The highest BCUT2D eigenvalue weighted by Crippen LogP contribution is 2.37. The van der Waals surface area contributed by atoms with E-state index in [1.54, 1.807) is 6.92 Å². The molecule has 0 heterocycles. The normalized spacial score (nSPS) is 9.88. The Morgan fingerprint density at radius 3 is 2.54 bits per heavy atom. The van der Waals surface area contributed by atoms with Crippen LogP contribution in [0.25, 0.3) is 0 Å². The van der Waals surface area contributed by atoms with Crippen molar-refractivity contribution in [1.29, 1.82) is 5.26 Å². The largest absolute Gasteiger partial charge is 0.490 e. The van der Waals surface area contributed by atoms with E-state index in [9.17, 15) is 14.9 Å². The predicted molar refractivity (Wildman–Crippen MR) is 85.4 cm³/mol. The van der Waals surface area contributed by atoms with Crippen LogP contribution in [0.3, 0.4) is 0 Å². The SMILES string of the molecule is CCOc1cc(C#N)cc(Cl)c1OC(=O)c1ccc([N+](=O)[O-])cc1. The zero-order valence-corrected chi connectivity index (χ0v) is 13.2. The van der Waals surface area contributed by atoms with Gasteiger partial charge in [-0.3, -0.25) is 10.1 Å². The van der Waals surface area contributed by atoms with Gasteiger partial charge < -0.3 is 9.47 Å². The summed E-state index contributed by atoms with van der Waals surface area (Å²) in [5.74, 6) is -0.602. The number of non-ortho nitro benzene ring substituents is 1. The number of ether oxygens (including phenoxy) is 2. The maximum atomic E-state index is 12.2. The Morgan fingerprint density at radius 2 is 2.00 bits per heavy atom. The molecule has 0 aromatic heterocycles. The standard InChI is InChI=1S/C16H11ClN2O5/c1-2-23-14-8-10(9-18)7-13(17)15(14)24-16(20)11-3-5-12(6-4-11)19(21)22/h3-8H,2H2,1H3. The van der Waals surface area contributed by atoms with Gasteiger partial charge in [0.2, 0.25) is 0 Å². The maximum Gasteiger partial charge on any atom is 0.343 e. The molecule has 0 bridgehead atoms. The Bertz CT molecular complexity index is 828. The molecule has 7 nitrogen and oxygen atoms in total. The minimum absolute atomic E-state index is 0.0131. The minimum Gasteiger partial charge on any atom is -0.490 e. The fourth-order valence-corrected chi connectivity index (χ4v) is 2.11. The maximum absolute atomic E-state index is 12.2. The Balaban J connectivity index is 2.31. The first-order valence-electron chi connectivity index (χ1n) is 6.79. The topological polar surface area (TPSA) is 102 Å². The number of nitrogens with zero attached hydrogens (tertiary/aromatic N) is 2. The average Bonchev–Trinajstić information content (AvgIpc) is 2.57. The van der Waals surface area contributed by atoms with Crippen LogP contribution in [-0.2, 0) is 0 Å². The Kier molecular flexibility index (Phi) is 5.35. The Labute approximate surface area is 142 Å². The third kappa shape index (κ3) is 3.80. The predicted octanol–water partition coefficient (Wildman–Crippen LogP) is 3.74. The van der Waals surface area contributed by atoms with Gasteiger partial charge >= 0.3 is 5.97 Å². The van der Waals surface area contributed by atoms with Gasteiger partial charge in [0.05, 0.1) is 33.7 Å². The first-order valence-corrected chi connectivity index (χ1v) is 7.17. The van der Waals surface area contributed by atoms with Crippen LogP contribution in [0.5, 0.6) is 11.5 Å². The molecule has 0 aliphatic carbocycles. The van der Waals surface area contributed by atoms with Gasteiger partial charge in [0.1, 0.15) is 0 Å². The quantitative estimate of drug-likeness (QED) is 0.353. The molecule has 0 saturated carbocycles. The molecule has 2 rings (SSSR count). The number of rotatable bonds is 5. The average molecular weight is 347 g/mol. The number of nitriles is 1. The van der Waals surface area contributed by atoms with Crippen molar-refractivity contribution in [3.63, 3.8) is 0 Å². The van der Waals surface area contributed by atoms with E-state index in [1.165, 1.54) is 36.4 Å². The van der Waals surface area contributed by atoms with Crippen LogP contribution in [0.15, 0.2) is 36.4 Å². The number of halogens is 1. The molecular weight excluding hydrogens is 336 g/mol. The number of carbonyl (C=O) groups excluding carboxylic acids is 1. The van der Waals surface area contributed by atoms with Gasteiger partial charge in [0.25, 0.3) is 5.69 Å². The zero-order chi connectivity index (χ0) is 17.7. The van der Waals surface area contributed by atoms with Crippen LogP contribution in [0, 0.1) is 21.4 Å². The summed E-state index contributed by atoms with van der Waals surface area (Å²) in [7, 11) is 0. The highest BCUT2D eigenvalue weighted by molar-refractivity contribution is 6.32. The Hall–Kier alpha value is -3.11. The number of carbonyl (C=O) groups is 1. The van der Waals surface area contributed by atoms with Gasteiger partial charge in [-0.25, -0.2) is 4.79 Å². The number of hydrogen-bond donors (Lipinski definition) is 0. The van der Waals surface area contributed by atoms with Crippen molar-refractivity contribution in [1.82, 2.24) is 0 Å². The van der Waals surface area contributed by atoms with Gasteiger partial charge in [-0.15, -0.1) is 0 Å². The third-order valence-corrected chi connectivity index (χ3v) is 3.23. The number of benzene rings is 2. The summed E-state index contributed by atoms with van der Waals surface area (Å²) in [6, 6.07) is 9.63. The van der Waals surface area contributed by atoms with Gasteiger partial charge in [0.15, 0.2) is 11.5 Å². The second kappa shape index (κ2) is 7.44. The van der Waals surface area contributed by atoms with E-state index in [1.807, 2.05) is 6.07 Å². The molecular formula is C16H11ClN2O5. The summed E-state index contributed by atoms with van der Waals surface area (Å²) in [6.45, 7) is 2.02. The molecule has 8 heteroatoms. The van der Waals surface area contributed by atoms with Crippen molar-refractivity contribution in [2.24, 2.45) is 0 Å². The van der Waals surface area contributed by atoms with Crippen molar-refractivity contribution in [2.75, 3.05) is 6.61 Å². The first kappa shape index (κ1) is 17.2. The third-order valence-electron chi connectivity index (χ3n) is 2.95. The van der Waals surface area contributed by atoms with E-state index in [0.717, 1.165) is 0 Å². The van der Waals surface area contributed by atoms with Crippen molar-refractivity contribution in [3.05, 3.63) is 62.7 Å². The molecule has 2 aromatic carbocycles. The summed E-state index contributed by atoms with van der Waals surface area (Å²) < 4.78 is 10.6. The highest BCUT2D eigenvalue weighted by Gasteiger charge is 2.18. The van der Waals surface area contributed by atoms with Gasteiger partial charge in [-0.2, -0.15) is 5.26 Å². The van der Waals surface area contributed by atoms with Gasteiger partial charge in [-0.1, -0.05) is 11.6 Å². The van der Waals surface area contributed by atoms with E-state index in [-0.39, 0.29) is 39.9 Å². The molecule has 2 aromatic rings. The fraction of sp³-hybridized carbons (Fsp3) is 0.125. The second-order valence-electron chi connectivity index (χ2n) is 4.52. The number of nitro groups is 1. The highest BCUT2D eigenvalue weighted by atomic mass is 35.5. The van der Waals surface area contributed by atoms with Crippen molar-refractivity contribution in [2.45, 2.75) is 6.92 Å². The van der Waals surface area contributed by atoms with Gasteiger partial charge in [-0.05, 0) is 25.1 Å². The van der Waals surface area contributed by atoms with E-state index in [0.29, 0.717) is 0 Å². The van der Waals surface area contributed by atoms with Crippen LogP contribution in [-0.4, -0.2) is 17.5 Å². The molecule has 0 fully saturated rings. The minimum atomic E-state index is -0.752. The molecule has 0 unspecified atom stereocenters. The summed E-state index contributed by atoms with van der Waals surface area (Å²) in [5.41, 5.74) is 0.236. The summed E-state index contributed by atoms with van der Waals surface area (Å²) in [4.78, 5) is 22.2. The van der Waals surface area contributed by atoms with E-state index < -0.39 is 10.9 Å². The van der Waals surface area contributed by atoms with Crippen molar-refractivity contribution < 1.29 is 19.2 Å². The van der Waals surface area contributed by atoms with E-state index >= 15 is 0 Å². The van der Waals surface area contributed by atoms with E-state index in [2.05, 4.69) is 0 Å². The summed E-state index contributed by atoms with van der Waals surface area (Å²) >= 11 is 6.05. The monoisotopic (exact) mass is 346 g/mol. The second-order valence-corrected chi connectivity index (χ2v) is 4.93.